The van der Waals surface area contributed by atoms with Crippen molar-refractivity contribution in [2.24, 2.45) is 33.8 Å². The van der Waals surface area contributed by atoms with Crippen LogP contribution in [0.25, 0.3) is 0 Å². The fourth-order valence-electron chi connectivity index (χ4n) is 10.1. The zero-order chi connectivity index (χ0) is 38.9. The number of rotatable bonds is 11. The van der Waals surface area contributed by atoms with Crippen molar-refractivity contribution in [1.29, 1.82) is 0 Å². The van der Waals surface area contributed by atoms with E-state index < -0.39 is 100 Å². The van der Waals surface area contributed by atoms with Gasteiger partial charge in [0.1, 0.15) is 24.6 Å². The average molecular weight is 742 g/mol. The first-order valence-corrected chi connectivity index (χ1v) is 18.7. The molecule has 0 aromatic heterocycles. The molecule has 1 heterocycles. The number of fused-ring (bicyclic) bond motifs is 7. The summed E-state index contributed by atoms with van der Waals surface area (Å²) in [6, 6.07) is 4.78. The molecule has 12 atom stereocenters. The number of hydrogen-bond acceptors (Lipinski definition) is 9. The Bertz CT molecular complexity index is 1720. The molecule has 5 N–H and O–H groups in total. The number of benzene rings is 1. The molecule has 1 aromatic rings. The van der Waals surface area contributed by atoms with Crippen LogP contribution in [0.15, 0.2) is 48.1 Å². The van der Waals surface area contributed by atoms with Crippen molar-refractivity contribution < 1.29 is 47.3 Å². The number of aliphatic hydroxyl groups excluding tert-OH is 1. The highest BCUT2D eigenvalue weighted by molar-refractivity contribution is 6.01. The summed E-state index contributed by atoms with van der Waals surface area (Å²) in [6.07, 6.45) is 0.0131. The molecular formula is C40H53F2N3O8. The van der Waals surface area contributed by atoms with Crippen molar-refractivity contribution in [2.75, 3.05) is 11.9 Å². The lowest BCUT2D eigenvalue weighted by molar-refractivity contribution is -0.262. The summed E-state index contributed by atoms with van der Waals surface area (Å²) in [4.78, 5) is 51.9. The minimum Gasteiger partial charge on any atom is -0.486 e. The summed E-state index contributed by atoms with van der Waals surface area (Å²) in [5.74, 6) is -2.54. The van der Waals surface area contributed by atoms with E-state index in [9.17, 15) is 24.3 Å². The Balaban J connectivity index is 1.22. The van der Waals surface area contributed by atoms with Gasteiger partial charge in [0.15, 0.2) is 23.3 Å². The normalized spacial score (nSPS) is 39.6. The Kier molecular flexibility index (Phi) is 10.1. The van der Waals surface area contributed by atoms with Crippen molar-refractivity contribution in [3.8, 4) is 5.75 Å². The Morgan fingerprint density at radius 2 is 1.77 bits per heavy atom. The lowest BCUT2D eigenvalue weighted by Gasteiger charge is -2.66. The number of carbonyl (C=O) groups is 4. The largest absolute Gasteiger partial charge is 0.486 e. The van der Waals surface area contributed by atoms with Crippen molar-refractivity contribution >= 4 is 29.1 Å². The van der Waals surface area contributed by atoms with Gasteiger partial charge in [-0.15, -0.1) is 0 Å². The first kappa shape index (κ1) is 39.2. The van der Waals surface area contributed by atoms with Crippen LogP contribution in [-0.2, 0) is 28.7 Å². The molecule has 0 radical (unpaired) electrons. The van der Waals surface area contributed by atoms with Gasteiger partial charge >= 0.3 is 0 Å². The quantitative estimate of drug-likeness (QED) is 0.252. The van der Waals surface area contributed by atoms with Crippen LogP contribution < -0.4 is 21.1 Å². The number of allylic oxidation sites excluding steroid dienone is 4. The number of hydrogen-bond donors (Lipinski definition) is 4. The van der Waals surface area contributed by atoms with E-state index >= 15 is 8.78 Å². The molecule has 1 unspecified atom stereocenters. The van der Waals surface area contributed by atoms with Gasteiger partial charge in [-0.25, -0.2) is 8.78 Å². The van der Waals surface area contributed by atoms with Crippen LogP contribution in [-0.4, -0.2) is 83.1 Å². The number of alkyl halides is 2. The summed E-state index contributed by atoms with van der Waals surface area (Å²) in [5, 5.41) is 17.3. The van der Waals surface area contributed by atoms with E-state index in [1.807, 2.05) is 34.6 Å². The maximum Gasteiger partial charge on any atom is 0.246 e. The third kappa shape index (κ3) is 5.79. The second-order valence-corrected chi connectivity index (χ2v) is 16.7. The van der Waals surface area contributed by atoms with E-state index in [4.69, 9.17) is 19.9 Å². The second-order valence-electron chi connectivity index (χ2n) is 16.7. The molecule has 1 aliphatic heterocycles. The number of nitrogens with two attached hydrogens (primary N) is 1. The van der Waals surface area contributed by atoms with Crippen molar-refractivity contribution in [3.63, 3.8) is 0 Å². The summed E-state index contributed by atoms with van der Waals surface area (Å²) < 4.78 is 53.1. The Morgan fingerprint density at radius 3 is 2.42 bits per heavy atom. The minimum absolute atomic E-state index is 0.0288. The molecule has 4 aliphatic carbocycles. The standard InChI is InChI=1S/C40H53F2N3O8/c1-8-9-32-52-31-19-37(6)28-17-27(41)26-16-24(46)14-15-36(26,5)39(28,42)29(47)18-38(37,7)40(31,53-32)30(48)20-51-25-12-10-23(11-13-25)45-34(49)22(4)44-35(50)33(43)21(2)3/h10-16,21-22,27-29,31-33,47H,8-9,17-20,43H2,1-7H3,(H,44,50)(H,45,49)/t22-,27-,28-,29-,31+,32?,33-,36-,37-,38-,39-,40+/m0/s1. The molecule has 53 heavy (non-hydrogen) atoms. The topological polar surface area (TPSA) is 166 Å². The van der Waals surface area contributed by atoms with Crippen LogP contribution in [0.4, 0.5) is 14.5 Å². The van der Waals surface area contributed by atoms with E-state index in [1.165, 1.54) is 12.2 Å². The maximum absolute atomic E-state index is 18.0. The molecule has 11 nitrogen and oxygen atoms in total. The summed E-state index contributed by atoms with van der Waals surface area (Å²) in [7, 11) is 0. The average Bonchev–Trinajstić information content (AvgIpc) is 3.55. The molecular weight excluding hydrogens is 688 g/mol. The predicted octanol–water partition coefficient (Wildman–Crippen LogP) is 4.66. The van der Waals surface area contributed by atoms with Gasteiger partial charge in [-0.1, -0.05) is 47.1 Å². The Labute approximate surface area is 309 Å². The minimum atomic E-state index is -2.34. The SMILES string of the molecule is CCCC1O[C@@H]2C[C@@]3(C)[C@@H]4C[C@H](F)C5=CC(=O)C=C[C@]5(C)[C@@]4(F)[C@@H](O)C[C@]3(C)[C@]2(C(=O)COc2ccc(NC(=O)[C@H](C)NC(=O)[C@@H](N)C(C)C)cc2)O1. The summed E-state index contributed by atoms with van der Waals surface area (Å²) in [6.45, 7) is 11.9. The molecule has 6 rings (SSSR count). The highest BCUT2D eigenvalue weighted by atomic mass is 19.1. The van der Waals surface area contributed by atoms with Crippen LogP contribution in [0.1, 0.15) is 80.6 Å². The van der Waals surface area contributed by atoms with Crippen LogP contribution in [0.5, 0.6) is 5.75 Å². The number of aliphatic hydroxyl groups is 1. The molecule has 0 spiro atoms. The van der Waals surface area contributed by atoms with Gasteiger partial charge in [-0.2, -0.15) is 0 Å². The molecule has 290 valence electrons. The zero-order valence-corrected chi connectivity index (χ0v) is 31.5. The lowest BCUT2D eigenvalue weighted by Crippen LogP contribution is -2.73. The van der Waals surface area contributed by atoms with Gasteiger partial charge in [0.05, 0.1) is 18.2 Å². The monoisotopic (exact) mass is 741 g/mol. The molecule has 4 fully saturated rings. The number of Topliss-reactive ketones (excluding diaryl/α,β-unsaturated/α-hetero) is 1. The molecule has 13 heteroatoms. The van der Waals surface area contributed by atoms with Gasteiger partial charge < -0.3 is 35.7 Å². The molecule has 0 bridgehead atoms. The zero-order valence-electron chi connectivity index (χ0n) is 31.5. The van der Waals surface area contributed by atoms with Crippen molar-refractivity contribution in [2.45, 2.75) is 129 Å². The van der Waals surface area contributed by atoms with Gasteiger partial charge in [0, 0.05) is 22.4 Å². The number of ether oxygens (including phenoxy) is 3. The number of nitrogens with one attached hydrogen (secondary N) is 2. The van der Waals surface area contributed by atoms with Crippen molar-refractivity contribution in [3.05, 3.63) is 48.1 Å². The van der Waals surface area contributed by atoms with E-state index in [1.54, 1.807) is 38.1 Å². The number of ketones is 2. The van der Waals surface area contributed by atoms with Gasteiger partial charge in [0.25, 0.3) is 0 Å². The molecule has 1 aromatic carbocycles. The van der Waals surface area contributed by atoms with Crippen LogP contribution in [0.2, 0.25) is 0 Å². The first-order chi connectivity index (χ1) is 24.8. The third-order valence-electron chi connectivity index (χ3n) is 13.4. The molecule has 2 amide bonds. The smallest absolute Gasteiger partial charge is 0.246 e. The van der Waals surface area contributed by atoms with E-state index in [2.05, 4.69) is 10.6 Å². The molecule has 5 aliphatic rings. The van der Waals surface area contributed by atoms with Crippen LogP contribution in [0.3, 0.4) is 0 Å². The number of halogens is 2. The van der Waals surface area contributed by atoms with E-state index in [0.29, 0.717) is 24.3 Å². The Hall–Kier alpha value is -3.52. The summed E-state index contributed by atoms with van der Waals surface area (Å²) in [5.41, 5.74) is -1.45. The molecule has 3 saturated carbocycles. The highest BCUT2D eigenvalue weighted by Gasteiger charge is 2.83. The van der Waals surface area contributed by atoms with E-state index in [-0.39, 0.29) is 30.8 Å². The highest BCUT2D eigenvalue weighted by Crippen LogP contribution is 2.77. The first-order valence-electron chi connectivity index (χ1n) is 18.7. The second kappa shape index (κ2) is 13.6. The van der Waals surface area contributed by atoms with E-state index in [0.717, 1.165) is 6.08 Å². The maximum atomic E-state index is 18.0. The van der Waals surface area contributed by atoms with Crippen LogP contribution >= 0.6 is 0 Å². The number of amides is 2. The number of anilines is 1. The van der Waals surface area contributed by atoms with Crippen molar-refractivity contribution in [1.82, 2.24) is 5.32 Å². The summed E-state index contributed by atoms with van der Waals surface area (Å²) >= 11 is 0. The number of carbonyl (C=O) groups excluding carboxylic acids is 4. The third-order valence-corrected chi connectivity index (χ3v) is 13.4. The lowest BCUT2D eigenvalue weighted by atomic mass is 9.39. The fraction of sp³-hybridized carbons (Fsp3) is 0.650. The van der Waals surface area contributed by atoms with Gasteiger partial charge in [-0.05, 0) is 92.9 Å². The molecule has 1 saturated heterocycles. The van der Waals surface area contributed by atoms with Gasteiger partial charge in [0.2, 0.25) is 17.6 Å². The predicted molar refractivity (Wildman–Crippen MR) is 192 cm³/mol. The Morgan fingerprint density at radius 1 is 1.09 bits per heavy atom. The van der Waals surface area contributed by atoms with Crippen LogP contribution in [0, 0.1) is 28.1 Å². The fourth-order valence-corrected chi connectivity index (χ4v) is 10.1. The van der Waals surface area contributed by atoms with Gasteiger partial charge in [-0.3, -0.25) is 19.2 Å².